The van der Waals surface area contributed by atoms with Crippen LogP contribution in [0.3, 0.4) is 0 Å². The number of carbonyl (C=O) groups is 1. The van der Waals surface area contributed by atoms with Crippen molar-refractivity contribution < 1.29 is 20.1 Å². The second-order valence-corrected chi connectivity index (χ2v) is 13.2. The molecule has 0 saturated carbocycles. The monoisotopic (exact) mass is 634 g/mol. The maximum absolute atomic E-state index is 12.3. The molecule has 0 aromatic heterocycles. The minimum absolute atomic E-state index is 0.00363. The molecule has 0 aliphatic heterocycles. The summed E-state index contributed by atoms with van der Waals surface area (Å²) in [5, 5.41) is 33.0. The van der Waals surface area contributed by atoms with Crippen molar-refractivity contribution in [1.29, 1.82) is 0 Å². The molecular weight excluding hydrogens is 558 g/mol. The Hall–Kier alpha value is -1.43. The predicted molar refractivity (Wildman–Crippen MR) is 194 cm³/mol. The van der Waals surface area contributed by atoms with Gasteiger partial charge in [0, 0.05) is 0 Å². The molecule has 0 spiro atoms. The largest absolute Gasteiger partial charge is 0.394 e. The van der Waals surface area contributed by atoms with E-state index in [0.717, 1.165) is 38.5 Å². The Morgan fingerprint density at radius 2 is 0.956 bits per heavy atom. The summed E-state index contributed by atoms with van der Waals surface area (Å²) in [6.45, 7) is 4.17. The van der Waals surface area contributed by atoms with Crippen LogP contribution in [0.25, 0.3) is 0 Å². The molecule has 4 N–H and O–H groups in total. The van der Waals surface area contributed by atoms with E-state index in [1.165, 1.54) is 122 Å². The van der Waals surface area contributed by atoms with E-state index in [4.69, 9.17) is 0 Å². The molecule has 5 nitrogen and oxygen atoms in total. The molecule has 0 aliphatic rings. The second kappa shape index (κ2) is 35.4. The standard InChI is InChI=1S/C40H75NO4/c1-3-5-7-9-11-13-15-16-17-18-19-20-21-22-23-24-26-28-30-32-34-39(44)38(36-42)41-40(45)35-37(43)33-31-29-27-25-14-12-10-8-6-4-2/h20-21,24,26,32,34,37-39,42-44H,3-19,22-23,25,27-31,33,35-36H2,1-2H3,(H,41,45)/b21-20+,26-24+,34-32+. The van der Waals surface area contributed by atoms with Gasteiger partial charge < -0.3 is 20.6 Å². The van der Waals surface area contributed by atoms with E-state index in [9.17, 15) is 20.1 Å². The lowest BCUT2D eigenvalue weighted by molar-refractivity contribution is -0.124. The summed E-state index contributed by atoms with van der Waals surface area (Å²) in [4.78, 5) is 12.3. The van der Waals surface area contributed by atoms with Gasteiger partial charge in [-0.05, 0) is 44.9 Å². The Morgan fingerprint density at radius 3 is 1.42 bits per heavy atom. The van der Waals surface area contributed by atoms with Gasteiger partial charge in [0.25, 0.3) is 0 Å². The Kier molecular flexibility index (Phi) is 34.3. The summed E-state index contributed by atoms with van der Waals surface area (Å²) in [6.07, 6.45) is 42.8. The second-order valence-electron chi connectivity index (χ2n) is 13.2. The van der Waals surface area contributed by atoms with Crippen LogP contribution in [0.4, 0.5) is 0 Å². The van der Waals surface area contributed by atoms with Crippen LogP contribution in [0.2, 0.25) is 0 Å². The Balaban J connectivity index is 3.79. The number of carbonyl (C=O) groups excluding carboxylic acids is 1. The van der Waals surface area contributed by atoms with E-state index in [1.54, 1.807) is 6.08 Å². The number of aliphatic hydroxyl groups excluding tert-OH is 3. The third-order valence-corrected chi connectivity index (χ3v) is 8.66. The first-order valence-electron chi connectivity index (χ1n) is 19.3. The number of allylic oxidation sites excluding steroid dienone is 5. The number of aliphatic hydroxyl groups is 3. The van der Waals surface area contributed by atoms with Gasteiger partial charge in [-0.25, -0.2) is 0 Å². The SMILES string of the molecule is CCCCCCCCCCCC/C=C/CC/C=C/CC/C=C/C(O)C(CO)NC(=O)CC(O)CCCCCCCCCCCC. The zero-order chi connectivity index (χ0) is 33.1. The quantitative estimate of drug-likeness (QED) is 0.0419. The van der Waals surface area contributed by atoms with Crippen molar-refractivity contribution in [3.05, 3.63) is 36.5 Å². The summed E-state index contributed by atoms with van der Waals surface area (Å²) in [7, 11) is 0. The van der Waals surface area contributed by atoms with Crippen molar-refractivity contribution in [3.63, 3.8) is 0 Å². The summed E-state index contributed by atoms with van der Waals surface area (Å²) in [6, 6.07) is -0.763. The third kappa shape index (κ3) is 32.3. The molecule has 0 aromatic carbocycles. The fourth-order valence-corrected chi connectivity index (χ4v) is 5.66. The van der Waals surface area contributed by atoms with Gasteiger partial charge in [-0.15, -0.1) is 0 Å². The van der Waals surface area contributed by atoms with Gasteiger partial charge in [-0.2, -0.15) is 0 Å². The normalized spacial score (nSPS) is 14.2. The molecule has 264 valence electrons. The van der Waals surface area contributed by atoms with Gasteiger partial charge in [0.1, 0.15) is 0 Å². The topological polar surface area (TPSA) is 89.8 Å². The lowest BCUT2D eigenvalue weighted by Crippen LogP contribution is -2.45. The molecule has 3 atom stereocenters. The van der Waals surface area contributed by atoms with Crippen molar-refractivity contribution in [2.45, 2.75) is 205 Å². The molecule has 0 radical (unpaired) electrons. The van der Waals surface area contributed by atoms with E-state index in [2.05, 4.69) is 43.5 Å². The lowest BCUT2D eigenvalue weighted by atomic mass is 10.0. The first kappa shape index (κ1) is 43.6. The molecule has 0 aliphatic carbocycles. The highest BCUT2D eigenvalue weighted by Crippen LogP contribution is 2.14. The Bertz CT molecular complexity index is 704. The van der Waals surface area contributed by atoms with Crippen molar-refractivity contribution in [1.82, 2.24) is 5.32 Å². The lowest BCUT2D eigenvalue weighted by Gasteiger charge is -2.21. The van der Waals surface area contributed by atoms with Crippen LogP contribution in [0.1, 0.15) is 187 Å². The van der Waals surface area contributed by atoms with Crippen LogP contribution >= 0.6 is 0 Å². The molecule has 0 aromatic rings. The summed E-state index contributed by atoms with van der Waals surface area (Å²) >= 11 is 0. The van der Waals surface area contributed by atoms with E-state index in [-0.39, 0.29) is 18.9 Å². The maximum Gasteiger partial charge on any atom is 0.222 e. The van der Waals surface area contributed by atoms with Gasteiger partial charge in [-0.3, -0.25) is 4.79 Å². The molecule has 3 unspecified atom stereocenters. The zero-order valence-electron chi connectivity index (χ0n) is 29.7. The number of hydrogen-bond donors (Lipinski definition) is 4. The van der Waals surface area contributed by atoms with Crippen molar-refractivity contribution in [2.24, 2.45) is 0 Å². The van der Waals surface area contributed by atoms with Crippen molar-refractivity contribution in [3.8, 4) is 0 Å². The third-order valence-electron chi connectivity index (χ3n) is 8.66. The van der Waals surface area contributed by atoms with Crippen molar-refractivity contribution >= 4 is 5.91 Å². The molecule has 0 saturated heterocycles. The first-order chi connectivity index (χ1) is 22.0. The van der Waals surface area contributed by atoms with Gasteiger partial charge in [0.05, 0.1) is 31.3 Å². The predicted octanol–water partition coefficient (Wildman–Crippen LogP) is 10.4. The summed E-state index contributed by atoms with van der Waals surface area (Å²) in [5.41, 5.74) is 0. The van der Waals surface area contributed by atoms with Crippen molar-refractivity contribution in [2.75, 3.05) is 6.61 Å². The Labute approximate surface area is 279 Å². The number of rotatable bonds is 34. The number of unbranched alkanes of at least 4 members (excludes halogenated alkanes) is 21. The number of hydrogen-bond acceptors (Lipinski definition) is 4. The molecule has 1 amide bonds. The zero-order valence-corrected chi connectivity index (χ0v) is 29.7. The highest BCUT2D eigenvalue weighted by atomic mass is 16.3. The van der Waals surface area contributed by atoms with E-state index in [1.807, 2.05) is 6.08 Å². The Morgan fingerprint density at radius 1 is 0.556 bits per heavy atom. The van der Waals surface area contributed by atoms with E-state index < -0.39 is 18.2 Å². The first-order valence-corrected chi connectivity index (χ1v) is 19.3. The fraction of sp³-hybridized carbons (Fsp3) is 0.825. The van der Waals surface area contributed by atoms with Crippen LogP contribution in [-0.4, -0.2) is 46.1 Å². The highest BCUT2D eigenvalue weighted by Gasteiger charge is 2.20. The van der Waals surface area contributed by atoms with Gasteiger partial charge in [0.2, 0.25) is 5.91 Å². The minimum Gasteiger partial charge on any atom is -0.394 e. The molecule has 45 heavy (non-hydrogen) atoms. The number of nitrogens with one attached hydrogen (secondary N) is 1. The van der Waals surface area contributed by atoms with Crippen LogP contribution in [-0.2, 0) is 4.79 Å². The number of amides is 1. The molecule has 5 heteroatoms. The molecule has 0 rings (SSSR count). The van der Waals surface area contributed by atoms with Crippen LogP contribution < -0.4 is 5.32 Å². The van der Waals surface area contributed by atoms with Gasteiger partial charge in [0.15, 0.2) is 0 Å². The van der Waals surface area contributed by atoms with Gasteiger partial charge >= 0.3 is 0 Å². The molecular formula is C40H75NO4. The fourth-order valence-electron chi connectivity index (χ4n) is 5.66. The molecule has 0 bridgehead atoms. The maximum atomic E-state index is 12.3. The highest BCUT2D eigenvalue weighted by molar-refractivity contribution is 5.76. The van der Waals surface area contributed by atoms with Gasteiger partial charge in [-0.1, -0.05) is 172 Å². The van der Waals surface area contributed by atoms with E-state index >= 15 is 0 Å². The molecule has 0 heterocycles. The smallest absolute Gasteiger partial charge is 0.222 e. The summed E-state index contributed by atoms with van der Waals surface area (Å²) < 4.78 is 0. The van der Waals surface area contributed by atoms with Crippen LogP contribution in [0.5, 0.6) is 0 Å². The van der Waals surface area contributed by atoms with Crippen LogP contribution in [0.15, 0.2) is 36.5 Å². The van der Waals surface area contributed by atoms with Crippen LogP contribution in [0, 0.1) is 0 Å². The summed E-state index contributed by atoms with van der Waals surface area (Å²) in [5.74, 6) is -0.332. The average molecular weight is 634 g/mol. The minimum atomic E-state index is -0.956. The van der Waals surface area contributed by atoms with E-state index in [0.29, 0.717) is 6.42 Å². The molecule has 0 fully saturated rings. The average Bonchev–Trinajstić information content (AvgIpc) is 3.03.